The molecule has 1 N–H and O–H groups in total. The van der Waals surface area contributed by atoms with Crippen molar-refractivity contribution in [3.63, 3.8) is 0 Å². The van der Waals surface area contributed by atoms with Crippen LogP contribution in [0.1, 0.15) is 12.0 Å². The number of hydrogen-bond acceptors (Lipinski definition) is 5. The summed E-state index contributed by atoms with van der Waals surface area (Å²) in [5.41, 5.74) is 2.24. The Morgan fingerprint density at radius 2 is 1.83 bits per heavy atom. The zero-order valence-corrected chi connectivity index (χ0v) is 17.7. The summed E-state index contributed by atoms with van der Waals surface area (Å²) in [4.78, 5) is 20.2. The Kier molecular flexibility index (Phi) is 6.26. The number of amides is 1. The second-order valence-electron chi connectivity index (χ2n) is 6.58. The lowest BCUT2D eigenvalue weighted by Crippen LogP contribution is -2.28. The minimum absolute atomic E-state index is 0.243. The lowest BCUT2D eigenvalue weighted by atomic mass is 10.0. The van der Waals surface area contributed by atoms with Crippen LogP contribution in [-0.2, 0) is 9.63 Å². The van der Waals surface area contributed by atoms with E-state index < -0.39 is 6.10 Å². The zero-order chi connectivity index (χ0) is 20.9. The molecule has 0 fully saturated rings. The number of oxime groups is 1. The van der Waals surface area contributed by atoms with Crippen LogP contribution < -0.4 is 10.1 Å². The van der Waals surface area contributed by atoms with Crippen LogP contribution in [0.5, 0.6) is 5.75 Å². The third kappa shape index (κ3) is 4.61. The molecule has 3 aromatic rings. The molecule has 152 valence electrons. The van der Waals surface area contributed by atoms with E-state index in [4.69, 9.17) is 21.2 Å². The average molecular weight is 439 g/mol. The Morgan fingerprint density at radius 1 is 1.10 bits per heavy atom. The number of halogens is 1. The fourth-order valence-electron chi connectivity index (χ4n) is 3.06. The van der Waals surface area contributed by atoms with E-state index in [1.165, 1.54) is 0 Å². The lowest BCUT2D eigenvalue weighted by Gasteiger charge is -2.13. The van der Waals surface area contributed by atoms with Gasteiger partial charge in [-0.25, -0.2) is 0 Å². The first-order valence-electron chi connectivity index (χ1n) is 9.33. The van der Waals surface area contributed by atoms with Crippen LogP contribution in [0.4, 0.5) is 5.69 Å². The third-order valence-corrected chi connectivity index (χ3v) is 5.90. The zero-order valence-electron chi connectivity index (χ0n) is 16.2. The fourth-order valence-corrected chi connectivity index (χ4v) is 4.09. The Bertz CT molecular complexity index is 1090. The molecule has 30 heavy (non-hydrogen) atoms. The van der Waals surface area contributed by atoms with Crippen molar-refractivity contribution in [1.82, 2.24) is 0 Å². The molecular formula is C23H19ClN2O3S. The van der Waals surface area contributed by atoms with Crippen LogP contribution in [0, 0.1) is 0 Å². The van der Waals surface area contributed by atoms with Gasteiger partial charge in [0.25, 0.3) is 5.91 Å². The molecule has 0 saturated heterocycles. The average Bonchev–Trinajstić information content (AvgIpc) is 3.27. The van der Waals surface area contributed by atoms with Crippen molar-refractivity contribution in [2.75, 3.05) is 12.4 Å². The molecule has 1 heterocycles. The van der Waals surface area contributed by atoms with Gasteiger partial charge in [0.2, 0.25) is 6.10 Å². The Morgan fingerprint density at radius 3 is 2.63 bits per heavy atom. The molecule has 7 heteroatoms. The van der Waals surface area contributed by atoms with E-state index in [-0.39, 0.29) is 5.91 Å². The number of nitrogens with zero attached hydrogens (tertiary/aromatic N) is 1. The molecule has 4 rings (SSSR count). The van der Waals surface area contributed by atoms with Gasteiger partial charge in [0.15, 0.2) is 0 Å². The normalized spacial score (nSPS) is 15.3. The molecule has 1 amide bonds. The van der Waals surface area contributed by atoms with E-state index in [0.717, 1.165) is 21.0 Å². The van der Waals surface area contributed by atoms with E-state index >= 15 is 0 Å². The highest BCUT2D eigenvalue weighted by Crippen LogP contribution is 2.34. The van der Waals surface area contributed by atoms with Crippen molar-refractivity contribution in [1.29, 1.82) is 0 Å². The lowest BCUT2D eigenvalue weighted by molar-refractivity contribution is -0.125. The molecule has 1 atom stereocenters. The first-order chi connectivity index (χ1) is 14.6. The smallest absolute Gasteiger partial charge is 0.268 e. The predicted octanol–water partition coefficient (Wildman–Crippen LogP) is 5.63. The first-order valence-corrected chi connectivity index (χ1v) is 10.5. The van der Waals surface area contributed by atoms with Crippen LogP contribution in [-0.4, -0.2) is 24.8 Å². The maximum Gasteiger partial charge on any atom is 0.268 e. The molecule has 0 radical (unpaired) electrons. The summed E-state index contributed by atoms with van der Waals surface area (Å²) < 4.78 is 5.38. The van der Waals surface area contributed by atoms with E-state index in [9.17, 15) is 4.79 Å². The van der Waals surface area contributed by atoms with Gasteiger partial charge >= 0.3 is 0 Å². The van der Waals surface area contributed by atoms with Crippen LogP contribution in [0.3, 0.4) is 0 Å². The standard InChI is InChI=1S/C23H19ClN2O3S/c1-28-20-8-4-2-6-17(20)19-14-21(29-26-19)23(27)25-18-7-3-5-9-22(18)30-16-12-10-15(24)11-13-16/h2-13,21H,14H2,1H3,(H,25,27). The van der Waals surface area contributed by atoms with E-state index in [0.29, 0.717) is 22.9 Å². The minimum Gasteiger partial charge on any atom is -0.496 e. The maximum absolute atomic E-state index is 12.8. The van der Waals surface area contributed by atoms with E-state index in [1.807, 2.05) is 72.8 Å². The first kappa shape index (κ1) is 20.3. The molecule has 5 nitrogen and oxygen atoms in total. The van der Waals surface area contributed by atoms with Gasteiger partial charge in [-0.3, -0.25) is 4.79 Å². The fraction of sp³-hybridized carbons (Fsp3) is 0.130. The van der Waals surface area contributed by atoms with Crippen molar-refractivity contribution in [2.24, 2.45) is 5.16 Å². The summed E-state index contributed by atoms with van der Waals surface area (Å²) in [7, 11) is 1.61. The molecule has 3 aromatic carbocycles. The monoisotopic (exact) mass is 438 g/mol. The number of carbonyl (C=O) groups is 1. The summed E-state index contributed by atoms with van der Waals surface area (Å²) in [6.45, 7) is 0. The predicted molar refractivity (Wildman–Crippen MR) is 120 cm³/mol. The SMILES string of the molecule is COc1ccccc1C1=NOC(C(=O)Nc2ccccc2Sc2ccc(Cl)cc2)C1. The number of carbonyl (C=O) groups excluding carboxylic acids is 1. The van der Waals surface area contributed by atoms with Crippen molar-refractivity contribution in [3.8, 4) is 5.75 Å². The Labute approximate surface area is 184 Å². The quantitative estimate of drug-likeness (QED) is 0.541. The van der Waals surface area contributed by atoms with Gasteiger partial charge in [-0.2, -0.15) is 0 Å². The molecular weight excluding hydrogens is 420 g/mol. The number of rotatable bonds is 6. The van der Waals surface area contributed by atoms with Gasteiger partial charge in [0, 0.05) is 26.8 Å². The van der Waals surface area contributed by atoms with Gasteiger partial charge in [0.1, 0.15) is 5.75 Å². The number of methoxy groups -OCH3 is 1. The number of hydrogen-bond donors (Lipinski definition) is 1. The van der Waals surface area contributed by atoms with Crippen molar-refractivity contribution in [3.05, 3.63) is 83.4 Å². The van der Waals surface area contributed by atoms with Crippen LogP contribution in [0.15, 0.2) is 87.7 Å². The van der Waals surface area contributed by atoms with E-state index in [1.54, 1.807) is 18.9 Å². The van der Waals surface area contributed by atoms with Crippen molar-refractivity contribution < 1.29 is 14.4 Å². The molecule has 1 aliphatic heterocycles. The minimum atomic E-state index is -0.696. The summed E-state index contributed by atoms with van der Waals surface area (Å²) in [5, 5.41) is 7.77. The van der Waals surface area contributed by atoms with Gasteiger partial charge in [0.05, 0.1) is 18.5 Å². The number of nitrogens with one attached hydrogen (secondary N) is 1. The highest BCUT2D eigenvalue weighted by molar-refractivity contribution is 7.99. The number of benzene rings is 3. The molecule has 0 aromatic heterocycles. The molecule has 1 aliphatic rings. The van der Waals surface area contributed by atoms with Crippen molar-refractivity contribution >= 4 is 40.7 Å². The maximum atomic E-state index is 12.8. The molecule has 0 aliphatic carbocycles. The molecule has 0 bridgehead atoms. The van der Waals surface area contributed by atoms with Crippen molar-refractivity contribution in [2.45, 2.75) is 22.3 Å². The second-order valence-corrected chi connectivity index (χ2v) is 8.13. The summed E-state index contributed by atoms with van der Waals surface area (Å²) in [6.07, 6.45) is -0.322. The highest BCUT2D eigenvalue weighted by atomic mass is 35.5. The topological polar surface area (TPSA) is 59.9 Å². The Hall–Kier alpha value is -2.96. The molecule has 1 unspecified atom stereocenters. The summed E-state index contributed by atoms with van der Waals surface area (Å²) in [5.74, 6) is 0.457. The van der Waals surface area contributed by atoms with Crippen LogP contribution in [0.25, 0.3) is 0 Å². The van der Waals surface area contributed by atoms with Gasteiger partial charge in [-0.05, 0) is 48.5 Å². The number of anilines is 1. The van der Waals surface area contributed by atoms with Gasteiger partial charge in [-0.15, -0.1) is 0 Å². The number of ether oxygens (including phenoxy) is 1. The molecule has 0 spiro atoms. The largest absolute Gasteiger partial charge is 0.496 e. The van der Waals surface area contributed by atoms with Gasteiger partial charge < -0.3 is 14.9 Å². The second kappa shape index (κ2) is 9.24. The van der Waals surface area contributed by atoms with E-state index in [2.05, 4.69) is 10.5 Å². The summed E-state index contributed by atoms with van der Waals surface area (Å²) in [6, 6.07) is 22.8. The van der Waals surface area contributed by atoms with Crippen LogP contribution >= 0.6 is 23.4 Å². The van der Waals surface area contributed by atoms with Crippen LogP contribution in [0.2, 0.25) is 5.02 Å². The summed E-state index contributed by atoms with van der Waals surface area (Å²) >= 11 is 7.51. The Balaban J connectivity index is 1.44. The number of para-hydroxylation sites is 2. The van der Waals surface area contributed by atoms with Gasteiger partial charge in [-0.1, -0.05) is 52.8 Å². The molecule has 0 saturated carbocycles. The highest BCUT2D eigenvalue weighted by Gasteiger charge is 2.30. The third-order valence-electron chi connectivity index (χ3n) is 4.57.